The predicted octanol–water partition coefficient (Wildman–Crippen LogP) is 5.03. The number of rotatable bonds is 5. The molecule has 0 bridgehead atoms. The monoisotopic (exact) mass is 267 g/mol. The number of benzene rings is 2. The van der Waals surface area contributed by atoms with Gasteiger partial charge in [0.25, 0.3) is 0 Å². The Labute approximate surface area is 123 Å². The molecule has 0 aliphatic heterocycles. The van der Waals surface area contributed by atoms with Crippen LogP contribution >= 0.6 is 0 Å². The number of aryl methyl sites for hydroxylation is 2. The van der Waals surface area contributed by atoms with Gasteiger partial charge < -0.3 is 5.32 Å². The highest BCUT2D eigenvalue weighted by atomic mass is 14.9. The SMILES string of the molecule is CCCNC(C)c1cccc(-c2ccc(C)c(C)c2)c1. The zero-order chi connectivity index (χ0) is 14.5. The van der Waals surface area contributed by atoms with Crippen molar-refractivity contribution in [3.8, 4) is 11.1 Å². The summed E-state index contributed by atoms with van der Waals surface area (Å²) >= 11 is 0. The van der Waals surface area contributed by atoms with Crippen LogP contribution in [-0.2, 0) is 0 Å². The first-order valence-corrected chi connectivity index (χ1v) is 7.52. The van der Waals surface area contributed by atoms with Gasteiger partial charge in [0.1, 0.15) is 0 Å². The lowest BCUT2D eigenvalue weighted by atomic mass is 9.97. The third kappa shape index (κ3) is 3.49. The second-order valence-corrected chi connectivity index (χ2v) is 5.60. The summed E-state index contributed by atoms with van der Waals surface area (Å²) in [6.07, 6.45) is 1.17. The van der Waals surface area contributed by atoms with E-state index in [0.29, 0.717) is 6.04 Å². The van der Waals surface area contributed by atoms with Crippen LogP contribution in [0.15, 0.2) is 42.5 Å². The van der Waals surface area contributed by atoms with Gasteiger partial charge in [-0.1, -0.05) is 43.3 Å². The van der Waals surface area contributed by atoms with E-state index >= 15 is 0 Å². The fraction of sp³-hybridized carbons (Fsp3) is 0.368. The maximum absolute atomic E-state index is 3.55. The van der Waals surface area contributed by atoms with Crippen LogP contribution < -0.4 is 5.32 Å². The van der Waals surface area contributed by atoms with Crippen molar-refractivity contribution in [3.63, 3.8) is 0 Å². The number of hydrogen-bond acceptors (Lipinski definition) is 1. The van der Waals surface area contributed by atoms with Crippen LogP contribution in [0.25, 0.3) is 11.1 Å². The second kappa shape index (κ2) is 6.71. The summed E-state index contributed by atoms with van der Waals surface area (Å²) in [7, 11) is 0. The predicted molar refractivity (Wildman–Crippen MR) is 88.1 cm³/mol. The van der Waals surface area contributed by atoms with E-state index in [1.165, 1.54) is 34.2 Å². The molecule has 0 fully saturated rings. The van der Waals surface area contributed by atoms with Crippen LogP contribution in [0, 0.1) is 13.8 Å². The summed E-state index contributed by atoms with van der Waals surface area (Å²) in [5, 5.41) is 3.55. The van der Waals surface area contributed by atoms with Gasteiger partial charge in [-0.2, -0.15) is 0 Å². The fourth-order valence-electron chi connectivity index (χ4n) is 2.39. The Balaban J connectivity index is 2.26. The maximum atomic E-state index is 3.55. The average molecular weight is 267 g/mol. The molecule has 0 aliphatic rings. The van der Waals surface area contributed by atoms with Gasteiger partial charge in [-0.05, 0) is 67.6 Å². The standard InChI is InChI=1S/C19H25N/c1-5-11-20-16(4)17-7-6-8-18(13-17)19-10-9-14(2)15(3)12-19/h6-10,12-13,16,20H,5,11H2,1-4H3. The molecule has 0 saturated heterocycles. The van der Waals surface area contributed by atoms with Crippen molar-refractivity contribution in [1.29, 1.82) is 0 Å². The Morgan fingerprint density at radius 2 is 1.70 bits per heavy atom. The number of nitrogens with one attached hydrogen (secondary N) is 1. The molecule has 0 aromatic heterocycles. The van der Waals surface area contributed by atoms with Crippen molar-refractivity contribution >= 4 is 0 Å². The van der Waals surface area contributed by atoms with E-state index in [0.717, 1.165) is 6.54 Å². The van der Waals surface area contributed by atoms with Gasteiger partial charge >= 0.3 is 0 Å². The van der Waals surface area contributed by atoms with Crippen molar-refractivity contribution in [2.24, 2.45) is 0 Å². The number of hydrogen-bond donors (Lipinski definition) is 1. The van der Waals surface area contributed by atoms with Crippen LogP contribution in [0.1, 0.15) is 43.0 Å². The molecule has 20 heavy (non-hydrogen) atoms. The molecule has 1 atom stereocenters. The van der Waals surface area contributed by atoms with Crippen LogP contribution in [0.2, 0.25) is 0 Å². The van der Waals surface area contributed by atoms with Gasteiger partial charge in [-0.25, -0.2) is 0 Å². The largest absolute Gasteiger partial charge is 0.310 e. The van der Waals surface area contributed by atoms with E-state index < -0.39 is 0 Å². The van der Waals surface area contributed by atoms with E-state index in [2.05, 4.69) is 75.5 Å². The Kier molecular flexibility index (Phi) is 4.97. The van der Waals surface area contributed by atoms with Gasteiger partial charge in [0.2, 0.25) is 0 Å². The van der Waals surface area contributed by atoms with Crippen molar-refractivity contribution in [2.45, 2.75) is 40.2 Å². The Morgan fingerprint density at radius 3 is 2.40 bits per heavy atom. The summed E-state index contributed by atoms with van der Waals surface area (Å²) < 4.78 is 0. The smallest absolute Gasteiger partial charge is 0.0292 e. The fourth-order valence-corrected chi connectivity index (χ4v) is 2.39. The molecule has 2 aromatic rings. The summed E-state index contributed by atoms with van der Waals surface area (Å²) in [5.41, 5.74) is 6.66. The normalized spacial score (nSPS) is 12.4. The minimum atomic E-state index is 0.404. The summed E-state index contributed by atoms with van der Waals surface area (Å²) in [4.78, 5) is 0. The van der Waals surface area contributed by atoms with Crippen molar-refractivity contribution in [2.75, 3.05) is 6.54 Å². The Hall–Kier alpha value is -1.60. The minimum absolute atomic E-state index is 0.404. The van der Waals surface area contributed by atoms with E-state index in [1.807, 2.05) is 0 Å². The summed E-state index contributed by atoms with van der Waals surface area (Å²) in [6, 6.07) is 16.0. The lowest BCUT2D eigenvalue weighted by Crippen LogP contribution is -2.19. The molecule has 1 unspecified atom stereocenters. The highest BCUT2D eigenvalue weighted by Crippen LogP contribution is 2.25. The summed E-state index contributed by atoms with van der Waals surface area (Å²) in [5.74, 6) is 0. The zero-order valence-electron chi connectivity index (χ0n) is 13.0. The Morgan fingerprint density at radius 1 is 0.950 bits per heavy atom. The summed E-state index contributed by atoms with van der Waals surface area (Å²) in [6.45, 7) is 9.83. The van der Waals surface area contributed by atoms with Crippen LogP contribution in [-0.4, -0.2) is 6.54 Å². The third-order valence-electron chi connectivity index (χ3n) is 3.93. The first-order valence-electron chi connectivity index (χ1n) is 7.52. The molecule has 1 heteroatoms. The van der Waals surface area contributed by atoms with E-state index in [-0.39, 0.29) is 0 Å². The van der Waals surface area contributed by atoms with E-state index in [9.17, 15) is 0 Å². The Bertz CT molecular complexity index is 572. The topological polar surface area (TPSA) is 12.0 Å². The highest BCUT2D eigenvalue weighted by molar-refractivity contribution is 5.65. The average Bonchev–Trinajstić information content (AvgIpc) is 2.47. The van der Waals surface area contributed by atoms with Crippen LogP contribution in [0.4, 0.5) is 0 Å². The zero-order valence-corrected chi connectivity index (χ0v) is 13.0. The van der Waals surface area contributed by atoms with Crippen LogP contribution in [0.5, 0.6) is 0 Å². The van der Waals surface area contributed by atoms with Gasteiger partial charge in [-0.3, -0.25) is 0 Å². The molecule has 0 radical (unpaired) electrons. The first kappa shape index (κ1) is 14.8. The second-order valence-electron chi connectivity index (χ2n) is 5.60. The quantitative estimate of drug-likeness (QED) is 0.801. The molecule has 0 spiro atoms. The van der Waals surface area contributed by atoms with Crippen LogP contribution in [0.3, 0.4) is 0 Å². The molecule has 0 heterocycles. The lowest BCUT2D eigenvalue weighted by Gasteiger charge is -2.15. The molecule has 1 nitrogen and oxygen atoms in total. The van der Waals surface area contributed by atoms with Gasteiger partial charge in [0, 0.05) is 6.04 Å². The van der Waals surface area contributed by atoms with Gasteiger partial charge in [0.15, 0.2) is 0 Å². The molecule has 0 amide bonds. The molecular weight excluding hydrogens is 242 g/mol. The molecule has 0 saturated carbocycles. The molecule has 0 aliphatic carbocycles. The van der Waals surface area contributed by atoms with Gasteiger partial charge in [-0.15, -0.1) is 0 Å². The molecular formula is C19H25N. The lowest BCUT2D eigenvalue weighted by molar-refractivity contribution is 0.571. The molecule has 2 rings (SSSR count). The molecule has 1 N–H and O–H groups in total. The highest BCUT2D eigenvalue weighted by Gasteiger charge is 2.06. The molecule has 106 valence electrons. The first-order chi connectivity index (χ1) is 9.61. The van der Waals surface area contributed by atoms with Crippen molar-refractivity contribution in [3.05, 3.63) is 59.2 Å². The van der Waals surface area contributed by atoms with E-state index in [4.69, 9.17) is 0 Å². The maximum Gasteiger partial charge on any atom is 0.0292 e. The molecule has 2 aromatic carbocycles. The van der Waals surface area contributed by atoms with Crippen molar-refractivity contribution < 1.29 is 0 Å². The van der Waals surface area contributed by atoms with Gasteiger partial charge in [0.05, 0.1) is 0 Å². The van der Waals surface area contributed by atoms with Crippen molar-refractivity contribution in [1.82, 2.24) is 5.32 Å². The third-order valence-corrected chi connectivity index (χ3v) is 3.93. The van der Waals surface area contributed by atoms with E-state index in [1.54, 1.807) is 0 Å². The minimum Gasteiger partial charge on any atom is -0.310 e.